The number of nitrogens with zero attached hydrogens (tertiary/aromatic N) is 3. The van der Waals surface area contributed by atoms with Crippen LogP contribution in [0.15, 0.2) is 43.0 Å². The highest BCUT2D eigenvalue weighted by Crippen LogP contribution is 2.33. The molecule has 2 heterocycles. The first-order valence-corrected chi connectivity index (χ1v) is 5.81. The predicted octanol–water partition coefficient (Wildman–Crippen LogP) is 2.14. The van der Waals surface area contributed by atoms with Crippen LogP contribution in [0, 0.1) is 0 Å². The molecule has 18 heavy (non-hydrogen) atoms. The summed E-state index contributed by atoms with van der Waals surface area (Å²) in [7, 11) is 0. The number of fused-ring (bicyclic) bond motifs is 1. The van der Waals surface area contributed by atoms with Crippen LogP contribution in [0.5, 0.6) is 5.75 Å². The molecule has 1 aromatic carbocycles. The van der Waals surface area contributed by atoms with Gasteiger partial charge in [-0.3, -0.25) is 9.47 Å². The van der Waals surface area contributed by atoms with E-state index in [1.807, 2.05) is 31.2 Å². The third kappa shape index (κ3) is 1.73. The van der Waals surface area contributed by atoms with Gasteiger partial charge in [0.2, 0.25) is 0 Å². The molecule has 0 N–H and O–H groups in total. The molecule has 0 bridgehead atoms. The lowest BCUT2D eigenvalue weighted by molar-refractivity contribution is 0.205. The maximum Gasteiger partial charge on any atom is 0.334 e. The van der Waals surface area contributed by atoms with Crippen LogP contribution in [0.4, 0.5) is 10.5 Å². The third-order valence-electron chi connectivity index (χ3n) is 2.88. The van der Waals surface area contributed by atoms with E-state index in [1.54, 1.807) is 17.3 Å². The number of hydrogen-bond donors (Lipinski definition) is 0. The van der Waals surface area contributed by atoms with Crippen molar-refractivity contribution >= 4 is 11.7 Å². The number of carbonyl (C=O) groups is 1. The Bertz CT molecular complexity index is 565. The standard InChI is InChI=1S/C13H13N3O2/c1-10-8-16(13(17)15-7-6-14-9-15)11-4-2-3-5-12(11)18-10/h2-7,9-10H,8H2,1H3/t10-/m1/s1. The van der Waals surface area contributed by atoms with Crippen LogP contribution in [0.25, 0.3) is 0 Å². The Morgan fingerprint density at radius 2 is 2.28 bits per heavy atom. The highest BCUT2D eigenvalue weighted by Gasteiger charge is 2.27. The highest BCUT2D eigenvalue weighted by atomic mass is 16.5. The number of imidazole rings is 1. The fourth-order valence-electron chi connectivity index (χ4n) is 2.08. The summed E-state index contributed by atoms with van der Waals surface area (Å²) < 4.78 is 7.18. The van der Waals surface area contributed by atoms with Crippen molar-refractivity contribution in [1.82, 2.24) is 9.55 Å². The van der Waals surface area contributed by atoms with Gasteiger partial charge in [-0.25, -0.2) is 9.78 Å². The summed E-state index contributed by atoms with van der Waals surface area (Å²) in [5.74, 6) is 0.740. The van der Waals surface area contributed by atoms with E-state index in [2.05, 4.69) is 4.98 Å². The van der Waals surface area contributed by atoms with Gasteiger partial charge in [0.25, 0.3) is 0 Å². The molecule has 0 saturated heterocycles. The van der Waals surface area contributed by atoms with Crippen LogP contribution in [-0.2, 0) is 0 Å². The number of para-hydroxylation sites is 2. The van der Waals surface area contributed by atoms with Gasteiger partial charge in [-0.1, -0.05) is 12.1 Å². The fourth-order valence-corrected chi connectivity index (χ4v) is 2.08. The lowest BCUT2D eigenvalue weighted by atomic mass is 10.2. The number of aromatic nitrogens is 2. The Kier molecular flexibility index (Phi) is 2.51. The van der Waals surface area contributed by atoms with Gasteiger partial charge in [0.05, 0.1) is 12.2 Å². The molecule has 0 spiro atoms. The smallest absolute Gasteiger partial charge is 0.334 e. The van der Waals surface area contributed by atoms with E-state index in [-0.39, 0.29) is 12.1 Å². The molecule has 2 aromatic rings. The summed E-state index contributed by atoms with van der Waals surface area (Å²) in [5.41, 5.74) is 0.800. The van der Waals surface area contributed by atoms with Crippen LogP contribution >= 0.6 is 0 Å². The summed E-state index contributed by atoms with van der Waals surface area (Å²) in [5, 5.41) is 0. The van der Waals surface area contributed by atoms with Gasteiger partial charge in [-0.15, -0.1) is 0 Å². The molecule has 92 valence electrons. The number of amides is 1. The minimum atomic E-state index is -0.116. The van der Waals surface area contributed by atoms with Crippen LogP contribution < -0.4 is 9.64 Å². The molecule has 3 rings (SSSR count). The summed E-state index contributed by atoms with van der Waals surface area (Å²) in [6, 6.07) is 7.44. The van der Waals surface area contributed by atoms with Gasteiger partial charge in [-0.05, 0) is 19.1 Å². The summed E-state index contributed by atoms with van der Waals surface area (Å²) in [6.07, 6.45) is 4.72. The summed E-state index contributed by atoms with van der Waals surface area (Å²) in [6.45, 7) is 2.48. The first kappa shape index (κ1) is 10.8. The van der Waals surface area contributed by atoms with E-state index < -0.39 is 0 Å². The van der Waals surface area contributed by atoms with Gasteiger partial charge in [0.15, 0.2) is 0 Å². The lowest BCUT2D eigenvalue weighted by Gasteiger charge is -2.33. The van der Waals surface area contributed by atoms with Crippen LogP contribution in [0.2, 0.25) is 0 Å². The second kappa shape index (κ2) is 4.18. The molecule has 1 aromatic heterocycles. The Balaban J connectivity index is 2.00. The van der Waals surface area contributed by atoms with Crippen molar-refractivity contribution in [1.29, 1.82) is 0 Å². The molecular weight excluding hydrogens is 230 g/mol. The van der Waals surface area contributed by atoms with E-state index in [0.717, 1.165) is 11.4 Å². The van der Waals surface area contributed by atoms with Crippen molar-refractivity contribution in [3.63, 3.8) is 0 Å². The second-order valence-corrected chi connectivity index (χ2v) is 4.26. The number of hydrogen-bond acceptors (Lipinski definition) is 3. The maximum atomic E-state index is 12.4. The average Bonchev–Trinajstić information content (AvgIpc) is 2.90. The van der Waals surface area contributed by atoms with Crippen LogP contribution in [0.1, 0.15) is 6.92 Å². The number of ether oxygens (including phenoxy) is 1. The lowest BCUT2D eigenvalue weighted by Crippen LogP contribution is -2.44. The monoisotopic (exact) mass is 243 g/mol. The maximum absolute atomic E-state index is 12.4. The quantitative estimate of drug-likeness (QED) is 0.712. The van der Waals surface area contributed by atoms with E-state index >= 15 is 0 Å². The third-order valence-corrected chi connectivity index (χ3v) is 2.88. The molecule has 0 fully saturated rings. The topological polar surface area (TPSA) is 47.4 Å². The number of benzene rings is 1. The van der Waals surface area contributed by atoms with E-state index in [1.165, 1.54) is 10.9 Å². The Morgan fingerprint density at radius 1 is 1.44 bits per heavy atom. The summed E-state index contributed by atoms with van der Waals surface area (Å²) >= 11 is 0. The molecule has 1 atom stereocenters. The molecule has 0 unspecified atom stereocenters. The molecule has 0 saturated carbocycles. The van der Waals surface area contributed by atoms with E-state index in [0.29, 0.717) is 6.54 Å². The number of carbonyl (C=O) groups excluding carboxylic acids is 1. The van der Waals surface area contributed by atoms with Gasteiger partial charge < -0.3 is 4.74 Å². The van der Waals surface area contributed by atoms with Crippen molar-refractivity contribution in [2.75, 3.05) is 11.4 Å². The highest BCUT2D eigenvalue weighted by molar-refractivity contribution is 5.95. The van der Waals surface area contributed by atoms with Gasteiger partial charge in [0.1, 0.15) is 18.2 Å². The Morgan fingerprint density at radius 3 is 3.06 bits per heavy atom. The molecule has 1 aliphatic heterocycles. The van der Waals surface area contributed by atoms with Crippen molar-refractivity contribution in [3.8, 4) is 5.75 Å². The van der Waals surface area contributed by atoms with E-state index in [4.69, 9.17) is 4.74 Å². The summed E-state index contributed by atoms with van der Waals surface area (Å²) in [4.78, 5) is 18.0. The first-order chi connectivity index (χ1) is 8.75. The zero-order valence-electron chi connectivity index (χ0n) is 9.98. The van der Waals surface area contributed by atoms with Crippen molar-refractivity contribution in [2.45, 2.75) is 13.0 Å². The number of rotatable bonds is 0. The average molecular weight is 243 g/mol. The molecule has 5 nitrogen and oxygen atoms in total. The zero-order valence-corrected chi connectivity index (χ0v) is 9.98. The van der Waals surface area contributed by atoms with Crippen molar-refractivity contribution in [3.05, 3.63) is 43.0 Å². The van der Waals surface area contributed by atoms with Crippen LogP contribution in [0.3, 0.4) is 0 Å². The molecular formula is C13H13N3O2. The first-order valence-electron chi connectivity index (χ1n) is 5.81. The molecule has 1 amide bonds. The fraction of sp³-hybridized carbons (Fsp3) is 0.231. The SMILES string of the molecule is C[C@@H]1CN(C(=O)n2ccnc2)c2ccccc2O1. The minimum absolute atomic E-state index is 0.0210. The molecule has 0 aliphatic carbocycles. The molecule has 5 heteroatoms. The minimum Gasteiger partial charge on any atom is -0.487 e. The Hall–Kier alpha value is -2.30. The van der Waals surface area contributed by atoms with Gasteiger partial charge in [0, 0.05) is 12.4 Å². The zero-order chi connectivity index (χ0) is 12.5. The van der Waals surface area contributed by atoms with Gasteiger partial charge in [-0.2, -0.15) is 0 Å². The largest absolute Gasteiger partial charge is 0.487 e. The molecule has 1 aliphatic rings. The molecule has 0 radical (unpaired) electrons. The van der Waals surface area contributed by atoms with Gasteiger partial charge >= 0.3 is 6.03 Å². The second-order valence-electron chi connectivity index (χ2n) is 4.26. The predicted molar refractivity (Wildman–Crippen MR) is 66.9 cm³/mol. The van der Waals surface area contributed by atoms with Crippen molar-refractivity contribution < 1.29 is 9.53 Å². The normalized spacial score (nSPS) is 18.1. The Labute approximate surface area is 105 Å². The van der Waals surface area contributed by atoms with E-state index in [9.17, 15) is 4.79 Å². The van der Waals surface area contributed by atoms with Crippen molar-refractivity contribution in [2.24, 2.45) is 0 Å². The number of anilines is 1. The van der Waals surface area contributed by atoms with Crippen LogP contribution in [-0.4, -0.2) is 28.2 Å².